The second-order valence-corrected chi connectivity index (χ2v) is 6.07. The highest BCUT2D eigenvalue weighted by Gasteiger charge is 2.31. The molecule has 0 unspecified atom stereocenters. The summed E-state index contributed by atoms with van der Waals surface area (Å²) in [6, 6.07) is 2.20. The Kier molecular flexibility index (Phi) is 2.86. The maximum absolute atomic E-state index is 6.19. The summed E-state index contributed by atoms with van der Waals surface area (Å²) in [6.45, 7) is 6.36. The molecule has 2 aromatic heterocycles. The molecule has 0 aliphatic carbocycles. The van der Waals surface area contributed by atoms with Crippen molar-refractivity contribution in [2.24, 2.45) is 11.1 Å². The number of hydrogen-bond acceptors (Lipinski definition) is 5. The van der Waals surface area contributed by atoms with Crippen molar-refractivity contribution < 1.29 is 0 Å². The predicted octanol–water partition coefficient (Wildman–Crippen LogP) is 1.59. The van der Waals surface area contributed by atoms with Crippen molar-refractivity contribution in [2.45, 2.75) is 26.3 Å². The number of hydrogen-bond donors (Lipinski definition) is 1. The quantitative estimate of drug-likeness (QED) is 0.840. The fraction of sp³-hybridized carbons (Fsp3) is 0.500. The Morgan fingerprint density at radius 1 is 1.21 bits per heavy atom. The number of aromatic nitrogens is 3. The maximum atomic E-state index is 6.19. The first-order chi connectivity index (χ1) is 9.05. The third-order valence-electron chi connectivity index (χ3n) is 3.58. The number of pyridine rings is 1. The summed E-state index contributed by atoms with van der Waals surface area (Å²) in [7, 11) is 0. The second kappa shape index (κ2) is 4.42. The van der Waals surface area contributed by atoms with Crippen molar-refractivity contribution in [3.63, 3.8) is 0 Å². The number of anilines is 1. The lowest BCUT2D eigenvalue weighted by molar-refractivity contribution is 0.268. The Hall–Kier alpha value is -1.75. The van der Waals surface area contributed by atoms with Crippen LogP contribution in [0, 0.1) is 5.41 Å². The molecule has 3 rings (SSSR count). The van der Waals surface area contributed by atoms with Crippen LogP contribution in [-0.2, 0) is 0 Å². The molecule has 0 bridgehead atoms. The van der Waals surface area contributed by atoms with E-state index in [4.69, 9.17) is 5.73 Å². The van der Waals surface area contributed by atoms with Gasteiger partial charge in [0.15, 0.2) is 5.65 Å². The first kappa shape index (κ1) is 12.3. The van der Waals surface area contributed by atoms with E-state index in [1.54, 1.807) is 18.6 Å². The summed E-state index contributed by atoms with van der Waals surface area (Å²) in [5, 5.41) is 0. The largest absolute Gasteiger partial charge is 0.368 e. The highest BCUT2D eigenvalue weighted by molar-refractivity contribution is 5.85. The van der Waals surface area contributed by atoms with E-state index in [0.717, 1.165) is 30.7 Å². The van der Waals surface area contributed by atoms with Crippen molar-refractivity contribution in [3.8, 4) is 0 Å². The van der Waals surface area contributed by atoms with Gasteiger partial charge in [-0.05, 0) is 17.9 Å². The average Bonchev–Trinajstić information content (AvgIpc) is 2.35. The zero-order valence-corrected chi connectivity index (χ0v) is 11.4. The van der Waals surface area contributed by atoms with Gasteiger partial charge in [0.25, 0.3) is 0 Å². The van der Waals surface area contributed by atoms with Crippen LogP contribution in [0.2, 0.25) is 0 Å². The van der Waals surface area contributed by atoms with Gasteiger partial charge in [-0.1, -0.05) is 13.8 Å². The topological polar surface area (TPSA) is 67.9 Å². The van der Waals surface area contributed by atoms with Gasteiger partial charge in [-0.25, -0.2) is 15.0 Å². The minimum absolute atomic E-state index is 0.198. The predicted molar refractivity (Wildman–Crippen MR) is 75.9 cm³/mol. The normalized spacial score (nSPS) is 22.7. The summed E-state index contributed by atoms with van der Waals surface area (Å²) in [4.78, 5) is 15.3. The van der Waals surface area contributed by atoms with E-state index in [9.17, 15) is 0 Å². The van der Waals surface area contributed by atoms with E-state index >= 15 is 0 Å². The maximum Gasteiger partial charge on any atom is 0.180 e. The second-order valence-electron chi connectivity index (χ2n) is 6.07. The summed E-state index contributed by atoms with van der Waals surface area (Å²) < 4.78 is 0. The number of nitrogens with zero attached hydrogens (tertiary/aromatic N) is 4. The number of rotatable bonds is 1. The summed E-state index contributed by atoms with van der Waals surface area (Å²) >= 11 is 0. The van der Waals surface area contributed by atoms with Gasteiger partial charge in [0.1, 0.15) is 5.52 Å². The van der Waals surface area contributed by atoms with Crippen LogP contribution >= 0.6 is 0 Å². The van der Waals surface area contributed by atoms with Crippen LogP contribution in [0.4, 0.5) is 5.69 Å². The fourth-order valence-electron chi connectivity index (χ4n) is 3.01. The fourth-order valence-corrected chi connectivity index (χ4v) is 3.01. The molecule has 1 fully saturated rings. The smallest absolute Gasteiger partial charge is 0.180 e. The van der Waals surface area contributed by atoms with Gasteiger partial charge >= 0.3 is 0 Å². The van der Waals surface area contributed by atoms with Crippen molar-refractivity contribution in [1.29, 1.82) is 0 Å². The van der Waals surface area contributed by atoms with Gasteiger partial charge in [-0.15, -0.1) is 0 Å². The number of nitrogens with two attached hydrogens (primary N) is 1. The van der Waals surface area contributed by atoms with E-state index in [1.165, 1.54) is 0 Å². The zero-order chi connectivity index (χ0) is 13.5. The van der Waals surface area contributed by atoms with Crippen molar-refractivity contribution >= 4 is 16.9 Å². The molecule has 5 nitrogen and oxygen atoms in total. The third kappa shape index (κ3) is 2.38. The lowest BCUT2D eigenvalue weighted by Crippen LogP contribution is -2.50. The molecule has 1 atom stereocenters. The molecule has 0 saturated carbocycles. The minimum atomic E-state index is 0.198. The number of fused-ring (bicyclic) bond motifs is 1. The van der Waals surface area contributed by atoms with E-state index < -0.39 is 0 Å². The molecule has 0 radical (unpaired) electrons. The van der Waals surface area contributed by atoms with Gasteiger partial charge < -0.3 is 10.6 Å². The molecule has 1 saturated heterocycles. The zero-order valence-electron chi connectivity index (χ0n) is 11.4. The molecule has 5 heteroatoms. The van der Waals surface area contributed by atoms with Gasteiger partial charge in [0.2, 0.25) is 0 Å². The van der Waals surface area contributed by atoms with Crippen LogP contribution in [0.15, 0.2) is 24.7 Å². The monoisotopic (exact) mass is 257 g/mol. The highest BCUT2D eigenvalue weighted by Crippen LogP contribution is 2.33. The molecule has 2 aromatic rings. The van der Waals surface area contributed by atoms with Crippen LogP contribution < -0.4 is 10.6 Å². The lowest BCUT2D eigenvalue weighted by Gasteiger charge is -2.42. The van der Waals surface area contributed by atoms with Crippen LogP contribution in [-0.4, -0.2) is 34.1 Å². The van der Waals surface area contributed by atoms with Crippen LogP contribution in [0.3, 0.4) is 0 Å². The number of piperidine rings is 1. The molecule has 0 spiro atoms. The van der Waals surface area contributed by atoms with E-state index in [0.29, 0.717) is 5.65 Å². The Morgan fingerprint density at radius 2 is 1.95 bits per heavy atom. The van der Waals surface area contributed by atoms with Gasteiger partial charge in [-0.3, -0.25) is 0 Å². The first-order valence-corrected chi connectivity index (χ1v) is 6.61. The van der Waals surface area contributed by atoms with Crippen LogP contribution in [0.1, 0.15) is 20.3 Å². The molecule has 1 aliphatic rings. The summed E-state index contributed by atoms with van der Waals surface area (Å²) in [5.41, 5.74) is 9.04. The van der Waals surface area contributed by atoms with Crippen molar-refractivity contribution in [3.05, 3.63) is 24.7 Å². The molecule has 100 valence electrons. The average molecular weight is 257 g/mol. The first-order valence-electron chi connectivity index (χ1n) is 6.61. The minimum Gasteiger partial charge on any atom is -0.368 e. The van der Waals surface area contributed by atoms with Crippen LogP contribution in [0.5, 0.6) is 0 Å². The Labute approximate surface area is 112 Å². The molecule has 0 amide bonds. The van der Waals surface area contributed by atoms with E-state index in [2.05, 4.69) is 33.7 Å². The molecule has 3 heterocycles. The Bertz CT molecular complexity index is 590. The van der Waals surface area contributed by atoms with Crippen molar-refractivity contribution in [1.82, 2.24) is 15.0 Å². The third-order valence-corrected chi connectivity index (χ3v) is 3.58. The van der Waals surface area contributed by atoms with E-state index in [1.807, 2.05) is 6.07 Å². The van der Waals surface area contributed by atoms with Gasteiger partial charge in [-0.2, -0.15) is 0 Å². The van der Waals surface area contributed by atoms with Crippen LogP contribution in [0.25, 0.3) is 11.2 Å². The summed E-state index contributed by atoms with van der Waals surface area (Å²) in [5.74, 6) is 0. The highest BCUT2D eigenvalue weighted by atomic mass is 15.2. The molecular formula is C14H19N5. The molecular weight excluding hydrogens is 238 g/mol. The molecule has 1 aliphatic heterocycles. The molecule has 19 heavy (non-hydrogen) atoms. The van der Waals surface area contributed by atoms with Crippen molar-refractivity contribution in [2.75, 3.05) is 18.0 Å². The Balaban J connectivity index is 2.04. The summed E-state index contributed by atoms with van der Waals surface area (Å²) in [6.07, 6.45) is 6.23. The SMILES string of the molecule is CC1(C)C[C@@H](N)CN(c2ccnc3nccnc23)C1. The van der Waals surface area contributed by atoms with Gasteiger partial charge in [0.05, 0.1) is 5.69 Å². The van der Waals surface area contributed by atoms with Gasteiger partial charge in [0, 0.05) is 37.7 Å². The Morgan fingerprint density at radius 3 is 2.74 bits per heavy atom. The molecule has 0 aromatic carbocycles. The lowest BCUT2D eigenvalue weighted by atomic mass is 9.82. The molecule has 2 N–H and O–H groups in total. The standard InChI is InChI=1S/C14H19N5/c1-14(2)7-10(15)8-19(9-14)11-3-4-17-13-12(11)16-5-6-18-13/h3-6,10H,7-9,15H2,1-2H3/t10-/m1/s1. The van der Waals surface area contributed by atoms with E-state index in [-0.39, 0.29) is 11.5 Å².